The minimum atomic E-state index is -0.165. The molecule has 0 saturated heterocycles. The Balaban J connectivity index is 2.28. The monoisotopic (exact) mass is 238 g/mol. The minimum Gasteiger partial charge on any atom is -0.493 e. The first-order valence-electron chi connectivity index (χ1n) is 5.66. The highest BCUT2D eigenvalue weighted by Crippen LogP contribution is 2.19. The van der Waals surface area contributed by atoms with Crippen LogP contribution in [-0.2, 0) is 9.53 Å². The lowest BCUT2D eigenvalue weighted by Gasteiger charge is -2.09. The fourth-order valence-electron chi connectivity index (χ4n) is 1.36. The van der Waals surface area contributed by atoms with Crippen LogP contribution in [0.1, 0.15) is 19.8 Å². The third-order valence-corrected chi connectivity index (χ3v) is 2.15. The van der Waals surface area contributed by atoms with Crippen molar-refractivity contribution >= 4 is 11.8 Å². The van der Waals surface area contributed by atoms with E-state index in [0.29, 0.717) is 37.6 Å². The lowest BCUT2D eigenvalue weighted by molar-refractivity contribution is -0.143. The molecule has 17 heavy (non-hydrogen) atoms. The van der Waals surface area contributed by atoms with Gasteiger partial charge in [-0.05, 0) is 25.5 Å². The molecular weight excluding hydrogens is 220 g/mol. The van der Waals surface area contributed by atoms with E-state index in [1.165, 1.54) is 0 Å². The number of methoxy groups -OCH3 is 1. The SMILES string of the molecule is CCOC(=O)CCCNc1ncccc1OC. The van der Waals surface area contributed by atoms with E-state index >= 15 is 0 Å². The molecule has 0 radical (unpaired) electrons. The fraction of sp³-hybridized carbons (Fsp3) is 0.500. The number of carbonyl (C=O) groups is 1. The van der Waals surface area contributed by atoms with E-state index in [0.717, 1.165) is 0 Å². The first-order chi connectivity index (χ1) is 8.27. The number of nitrogens with one attached hydrogen (secondary N) is 1. The Kier molecular flexibility index (Phi) is 5.85. The van der Waals surface area contributed by atoms with E-state index in [-0.39, 0.29) is 5.97 Å². The van der Waals surface area contributed by atoms with Crippen molar-refractivity contribution in [2.45, 2.75) is 19.8 Å². The fourth-order valence-corrected chi connectivity index (χ4v) is 1.36. The van der Waals surface area contributed by atoms with E-state index in [1.54, 1.807) is 20.2 Å². The summed E-state index contributed by atoms with van der Waals surface area (Å²) in [4.78, 5) is 15.2. The van der Waals surface area contributed by atoms with E-state index in [9.17, 15) is 4.79 Å². The highest BCUT2D eigenvalue weighted by atomic mass is 16.5. The number of rotatable bonds is 7. The summed E-state index contributed by atoms with van der Waals surface area (Å²) in [6.07, 6.45) is 2.81. The second-order valence-electron chi connectivity index (χ2n) is 3.39. The molecular formula is C12H18N2O3. The largest absolute Gasteiger partial charge is 0.493 e. The molecule has 0 aromatic carbocycles. The summed E-state index contributed by atoms with van der Waals surface area (Å²) < 4.78 is 9.98. The van der Waals surface area contributed by atoms with Crippen molar-refractivity contribution in [2.24, 2.45) is 0 Å². The molecule has 0 unspecified atom stereocenters. The van der Waals surface area contributed by atoms with Crippen LogP contribution in [-0.4, -0.2) is 31.2 Å². The lowest BCUT2D eigenvalue weighted by atomic mass is 10.3. The summed E-state index contributed by atoms with van der Waals surface area (Å²) in [5, 5.41) is 3.12. The molecule has 1 aromatic heterocycles. The molecule has 94 valence electrons. The van der Waals surface area contributed by atoms with Gasteiger partial charge in [-0.2, -0.15) is 0 Å². The third kappa shape index (κ3) is 4.72. The molecule has 0 amide bonds. The minimum absolute atomic E-state index is 0.165. The second kappa shape index (κ2) is 7.49. The predicted molar refractivity (Wildman–Crippen MR) is 65.1 cm³/mol. The van der Waals surface area contributed by atoms with E-state index < -0.39 is 0 Å². The molecule has 0 bridgehead atoms. The van der Waals surface area contributed by atoms with Crippen LogP contribution in [0.2, 0.25) is 0 Å². The van der Waals surface area contributed by atoms with Gasteiger partial charge in [0, 0.05) is 19.2 Å². The first-order valence-corrected chi connectivity index (χ1v) is 5.66. The van der Waals surface area contributed by atoms with Crippen molar-refractivity contribution in [1.29, 1.82) is 0 Å². The Morgan fingerprint density at radius 2 is 2.35 bits per heavy atom. The molecule has 0 aliphatic carbocycles. The van der Waals surface area contributed by atoms with Crippen molar-refractivity contribution in [3.63, 3.8) is 0 Å². The second-order valence-corrected chi connectivity index (χ2v) is 3.39. The van der Waals surface area contributed by atoms with Gasteiger partial charge in [-0.1, -0.05) is 0 Å². The summed E-state index contributed by atoms with van der Waals surface area (Å²) in [5.41, 5.74) is 0. The molecule has 0 spiro atoms. The van der Waals surface area contributed by atoms with Gasteiger partial charge in [-0.3, -0.25) is 4.79 Å². The number of aromatic nitrogens is 1. The van der Waals surface area contributed by atoms with Crippen molar-refractivity contribution < 1.29 is 14.3 Å². The van der Waals surface area contributed by atoms with Crippen molar-refractivity contribution in [1.82, 2.24) is 4.98 Å². The Labute approximate surface area is 101 Å². The highest BCUT2D eigenvalue weighted by molar-refractivity contribution is 5.69. The highest BCUT2D eigenvalue weighted by Gasteiger charge is 2.03. The summed E-state index contributed by atoms with van der Waals surface area (Å²) in [7, 11) is 1.60. The van der Waals surface area contributed by atoms with Gasteiger partial charge in [0.05, 0.1) is 13.7 Å². The normalized spacial score (nSPS) is 9.76. The molecule has 0 aliphatic heterocycles. The zero-order chi connectivity index (χ0) is 12.5. The van der Waals surface area contributed by atoms with Gasteiger partial charge >= 0.3 is 5.97 Å². The van der Waals surface area contributed by atoms with Crippen LogP contribution < -0.4 is 10.1 Å². The van der Waals surface area contributed by atoms with Gasteiger partial charge in [0.15, 0.2) is 11.6 Å². The molecule has 0 aliphatic rings. The van der Waals surface area contributed by atoms with Gasteiger partial charge in [0.2, 0.25) is 0 Å². The number of ether oxygens (including phenoxy) is 2. The Hall–Kier alpha value is -1.78. The van der Waals surface area contributed by atoms with Crippen molar-refractivity contribution in [3.05, 3.63) is 18.3 Å². The number of nitrogens with zero attached hydrogens (tertiary/aromatic N) is 1. The van der Waals surface area contributed by atoms with Crippen LogP contribution in [0.3, 0.4) is 0 Å². The molecule has 5 nitrogen and oxygen atoms in total. The number of hydrogen-bond donors (Lipinski definition) is 1. The maximum atomic E-state index is 11.1. The average Bonchev–Trinajstić information content (AvgIpc) is 2.35. The summed E-state index contributed by atoms with van der Waals surface area (Å²) in [5.74, 6) is 1.23. The lowest BCUT2D eigenvalue weighted by Crippen LogP contribution is -2.09. The first kappa shape index (κ1) is 13.3. The number of hydrogen-bond acceptors (Lipinski definition) is 5. The van der Waals surface area contributed by atoms with Crippen LogP contribution in [0.15, 0.2) is 18.3 Å². The summed E-state index contributed by atoms with van der Waals surface area (Å²) in [6.45, 7) is 2.89. The van der Waals surface area contributed by atoms with Crippen LogP contribution in [0.4, 0.5) is 5.82 Å². The van der Waals surface area contributed by atoms with Crippen LogP contribution >= 0.6 is 0 Å². The summed E-state index contributed by atoms with van der Waals surface area (Å²) >= 11 is 0. The van der Waals surface area contributed by atoms with E-state index in [2.05, 4.69) is 10.3 Å². The Bertz CT molecular complexity index is 355. The predicted octanol–water partition coefficient (Wildman–Crippen LogP) is 1.85. The number of anilines is 1. The molecule has 5 heteroatoms. The van der Waals surface area contributed by atoms with Gasteiger partial charge < -0.3 is 14.8 Å². The number of esters is 1. The quantitative estimate of drug-likeness (QED) is 0.580. The molecule has 1 N–H and O–H groups in total. The zero-order valence-electron chi connectivity index (χ0n) is 10.2. The topological polar surface area (TPSA) is 60.5 Å². The van der Waals surface area contributed by atoms with E-state index in [1.807, 2.05) is 12.1 Å². The van der Waals surface area contributed by atoms with Gasteiger partial charge in [-0.15, -0.1) is 0 Å². The van der Waals surface area contributed by atoms with Crippen LogP contribution in [0.25, 0.3) is 0 Å². The molecule has 1 heterocycles. The number of pyridine rings is 1. The van der Waals surface area contributed by atoms with Gasteiger partial charge in [0.1, 0.15) is 0 Å². The van der Waals surface area contributed by atoms with Gasteiger partial charge in [0.25, 0.3) is 0 Å². The third-order valence-electron chi connectivity index (χ3n) is 2.15. The molecule has 1 rings (SSSR count). The van der Waals surface area contributed by atoms with Crippen LogP contribution in [0, 0.1) is 0 Å². The van der Waals surface area contributed by atoms with Gasteiger partial charge in [-0.25, -0.2) is 4.98 Å². The Morgan fingerprint density at radius 3 is 3.06 bits per heavy atom. The molecule has 0 fully saturated rings. The van der Waals surface area contributed by atoms with Crippen molar-refractivity contribution in [2.75, 3.05) is 25.6 Å². The van der Waals surface area contributed by atoms with E-state index in [4.69, 9.17) is 9.47 Å². The maximum Gasteiger partial charge on any atom is 0.305 e. The maximum absolute atomic E-state index is 11.1. The van der Waals surface area contributed by atoms with Crippen molar-refractivity contribution in [3.8, 4) is 5.75 Å². The average molecular weight is 238 g/mol. The molecule has 1 aromatic rings. The molecule has 0 atom stereocenters. The zero-order valence-corrected chi connectivity index (χ0v) is 10.2. The van der Waals surface area contributed by atoms with Crippen LogP contribution in [0.5, 0.6) is 5.75 Å². The summed E-state index contributed by atoms with van der Waals surface area (Å²) in [6, 6.07) is 3.64. The standard InChI is InChI=1S/C12H18N2O3/c1-3-17-11(15)7-5-9-14-12-10(16-2)6-4-8-13-12/h4,6,8H,3,5,7,9H2,1-2H3,(H,13,14). The number of carbonyl (C=O) groups excluding carboxylic acids is 1. The Morgan fingerprint density at radius 1 is 1.53 bits per heavy atom. The smallest absolute Gasteiger partial charge is 0.305 e. The molecule has 0 saturated carbocycles.